The van der Waals surface area contributed by atoms with Gasteiger partial charge >= 0.3 is 0 Å². The van der Waals surface area contributed by atoms with Crippen molar-refractivity contribution in [3.8, 4) is 6.07 Å². The van der Waals surface area contributed by atoms with Crippen LogP contribution in [0.1, 0.15) is 18.4 Å². The normalized spacial score (nSPS) is 9.81. The number of ether oxygens (including phenoxy) is 1. The number of aromatic nitrogens is 1. The Morgan fingerprint density at radius 2 is 2.38 bits per heavy atom. The molecule has 0 unspecified atom stereocenters. The number of nitrogens with zero attached hydrogens (tertiary/aromatic N) is 2. The summed E-state index contributed by atoms with van der Waals surface area (Å²) in [6, 6.07) is 3.61. The zero-order valence-electron chi connectivity index (χ0n) is 9.16. The van der Waals surface area contributed by atoms with Crippen LogP contribution >= 0.6 is 11.6 Å². The van der Waals surface area contributed by atoms with Gasteiger partial charge < -0.3 is 10.1 Å². The molecule has 0 radical (unpaired) electrons. The van der Waals surface area contributed by atoms with Crippen molar-refractivity contribution in [1.29, 1.82) is 5.26 Å². The molecule has 86 valence electrons. The summed E-state index contributed by atoms with van der Waals surface area (Å²) in [4.78, 5) is 4.08. The average Bonchev–Trinajstić information content (AvgIpc) is 2.31. The number of nitriles is 1. The van der Waals surface area contributed by atoms with Crippen molar-refractivity contribution in [3.63, 3.8) is 0 Å². The summed E-state index contributed by atoms with van der Waals surface area (Å²) in [5.74, 6) is 0.568. The van der Waals surface area contributed by atoms with Crippen LogP contribution in [0.2, 0.25) is 5.02 Å². The van der Waals surface area contributed by atoms with Crippen molar-refractivity contribution < 1.29 is 4.74 Å². The first kappa shape index (κ1) is 12.8. The second-order valence-corrected chi connectivity index (χ2v) is 3.64. The minimum atomic E-state index is 0.386. The van der Waals surface area contributed by atoms with Gasteiger partial charge in [0.15, 0.2) is 0 Å². The monoisotopic (exact) mass is 239 g/mol. The van der Waals surface area contributed by atoms with Crippen LogP contribution in [0.15, 0.2) is 12.3 Å². The molecule has 1 rings (SSSR count). The lowest BCUT2D eigenvalue weighted by molar-refractivity contribution is 0.194. The molecule has 1 heterocycles. The molecule has 0 aliphatic carbocycles. The Morgan fingerprint density at radius 3 is 3.06 bits per heavy atom. The zero-order valence-corrected chi connectivity index (χ0v) is 9.92. The lowest BCUT2D eigenvalue weighted by Gasteiger charge is -2.07. The van der Waals surface area contributed by atoms with Gasteiger partial charge in [-0.2, -0.15) is 5.26 Å². The summed E-state index contributed by atoms with van der Waals surface area (Å²) in [6.45, 7) is 1.52. The van der Waals surface area contributed by atoms with E-state index < -0.39 is 0 Å². The van der Waals surface area contributed by atoms with E-state index in [0.29, 0.717) is 16.4 Å². The predicted molar refractivity (Wildman–Crippen MR) is 63.6 cm³/mol. The number of rotatable bonds is 6. The third kappa shape index (κ3) is 3.69. The highest BCUT2D eigenvalue weighted by molar-refractivity contribution is 6.34. The molecule has 16 heavy (non-hydrogen) atoms. The maximum Gasteiger partial charge on any atom is 0.146 e. The van der Waals surface area contributed by atoms with Crippen molar-refractivity contribution in [1.82, 2.24) is 4.98 Å². The van der Waals surface area contributed by atoms with Gasteiger partial charge in [-0.1, -0.05) is 11.6 Å². The molecule has 0 aliphatic heterocycles. The standard InChI is InChI=1S/C11H14ClN3O/c1-16-7-3-2-5-14-11-10(12)9(8-13)4-6-15-11/h4,6H,2-3,5,7H2,1H3,(H,14,15). The molecule has 0 aromatic carbocycles. The molecule has 0 atom stereocenters. The number of methoxy groups -OCH3 is 1. The number of hydrogen-bond donors (Lipinski definition) is 1. The van der Waals surface area contributed by atoms with Gasteiger partial charge in [0.25, 0.3) is 0 Å². The molecule has 0 aliphatic rings. The quantitative estimate of drug-likeness (QED) is 0.775. The molecule has 1 aromatic rings. The van der Waals surface area contributed by atoms with Gasteiger partial charge in [0.1, 0.15) is 16.9 Å². The van der Waals surface area contributed by atoms with Gasteiger partial charge in [-0.3, -0.25) is 0 Å². The molecule has 0 bridgehead atoms. The van der Waals surface area contributed by atoms with E-state index in [1.54, 1.807) is 19.4 Å². The number of hydrogen-bond acceptors (Lipinski definition) is 4. The van der Waals surface area contributed by atoms with Crippen LogP contribution in [-0.2, 0) is 4.74 Å². The smallest absolute Gasteiger partial charge is 0.146 e. The van der Waals surface area contributed by atoms with E-state index in [2.05, 4.69) is 10.3 Å². The summed E-state index contributed by atoms with van der Waals surface area (Å²) in [5, 5.41) is 12.3. The van der Waals surface area contributed by atoms with E-state index in [4.69, 9.17) is 21.6 Å². The van der Waals surface area contributed by atoms with Gasteiger partial charge in [0, 0.05) is 26.5 Å². The Kier molecular flexibility index (Phi) is 5.62. The van der Waals surface area contributed by atoms with E-state index in [1.807, 2.05) is 6.07 Å². The molecule has 0 saturated heterocycles. The first-order valence-corrected chi connectivity index (χ1v) is 5.44. The van der Waals surface area contributed by atoms with Crippen LogP contribution in [0.4, 0.5) is 5.82 Å². The summed E-state index contributed by atoms with van der Waals surface area (Å²) in [6.07, 6.45) is 3.53. The number of pyridine rings is 1. The van der Waals surface area contributed by atoms with E-state index >= 15 is 0 Å². The van der Waals surface area contributed by atoms with Crippen LogP contribution in [0.25, 0.3) is 0 Å². The molecule has 1 aromatic heterocycles. The van der Waals surface area contributed by atoms with Crippen molar-refractivity contribution in [2.45, 2.75) is 12.8 Å². The van der Waals surface area contributed by atoms with Crippen molar-refractivity contribution in [3.05, 3.63) is 22.8 Å². The Hall–Kier alpha value is -1.31. The van der Waals surface area contributed by atoms with Gasteiger partial charge in [0.05, 0.1) is 5.56 Å². The topological polar surface area (TPSA) is 57.9 Å². The van der Waals surface area contributed by atoms with E-state index in [0.717, 1.165) is 26.0 Å². The fourth-order valence-electron chi connectivity index (χ4n) is 1.23. The maximum absolute atomic E-state index is 8.78. The Bertz CT molecular complexity index is 376. The summed E-state index contributed by atoms with van der Waals surface area (Å²) in [5.41, 5.74) is 0.441. The first-order valence-electron chi connectivity index (χ1n) is 5.07. The van der Waals surface area contributed by atoms with Crippen LogP contribution in [0, 0.1) is 11.3 Å². The van der Waals surface area contributed by atoms with Crippen molar-refractivity contribution >= 4 is 17.4 Å². The lowest BCUT2D eigenvalue weighted by Crippen LogP contribution is -2.05. The zero-order chi connectivity index (χ0) is 11.8. The molecule has 0 saturated carbocycles. The third-order valence-electron chi connectivity index (χ3n) is 2.08. The van der Waals surface area contributed by atoms with Gasteiger partial charge in [0.2, 0.25) is 0 Å². The lowest BCUT2D eigenvalue weighted by atomic mass is 10.3. The van der Waals surface area contributed by atoms with Crippen LogP contribution in [-0.4, -0.2) is 25.2 Å². The molecule has 1 N–H and O–H groups in total. The van der Waals surface area contributed by atoms with Crippen LogP contribution in [0.5, 0.6) is 0 Å². The largest absolute Gasteiger partial charge is 0.385 e. The summed E-state index contributed by atoms with van der Waals surface area (Å²) in [7, 11) is 1.68. The van der Waals surface area contributed by atoms with Crippen molar-refractivity contribution in [2.75, 3.05) is 25.6 Å². The maximum atomic E-state index is 8.78. The summed E-state index contributed by atoms with van der Waals surface area (Å²) < 4.78 is 4.94. The van der Waals surface area contributed by atoms with Gasteiger partial charge in [-0.15, -0.1) is 0 Å². The van der Waals surface area contributed by atoms with Gasteiger partial charge in [-0.25, -0.2) is 4.98 Å². The molecule has 0 amide bonds. The Labute approximate surface area is 100 Å². The highest BCUT2D eigenvalue weighted by atomic mass is 35.5. The van der Waals surface area contributed by atoms with Crippen LogP contribution in [0.3, 0.4) is 0 Å². The highest BCUT2D eigenvalue weighted by Crippen LogP contribution is 2.22. The van der Waals surface area contributed by atoms with E-state index in [9.17, 15) is 0 Å². The molecule has 0 fully saturated rings. The number of unbranched alkanes of at least 4 members (excludes halogenated alkanes) is 1. The second kappa shape index (κ2) is 7.04. The fourth-order valence-corrected chi connectivity index (χ4v) is 1.45. The number of nitrogens with one attached hydrogen (secondary N) is 1. The minimum absolute atomic E-state index is 0.386. The number of halogens is 1. The Balaban J connectivity index is 2.45. The minimum Gasteiger partial charge on any atom is -0.385 e. The molecule has 4 nitrogen and oxygen atoms in total. The third-order valence-corrected chi connectivity index (χ3v) is 2.46. The van der Waals surface area contributed by atoms with Gasteiger partial charge in [-0.05, 0) is 18.9 Å². The Morgan fingerprint density at radius 1 is 1.56 bits per heavy atom. The predicted octanol–water partition coefficient (Wildman–Crippen LogP) is 2.45. The number of anilines is 1. The molecular formula is C11H14ClN3O. The second-order valence-electron chi connectivity index (χ2n) is 3.26. The first-order chi connectivity index (χ1) is 7.79. The molecule has 5 heteroatoms. The molecular weight excluding hydrogens is 226 g/mol. The highest BCUT2D eigenvalue weighted by Gasteiger charge is 2.05. The fraction of sp³-hybridized carbons (Fsp3) is 0.455. The summed E-state index contributed by atoms with van der Waals surface area (Å²) >= 11 is 5.98. The van der Waals surface area contributed by atoms with E-state index in [-0.39, 0.29) is 0 Å². The van der Waals surface area contributed by atoms with Crippen LogP contribution < -0.4 is 5.32 Å². The SMILES string of the molecule is COCCCCNc1nccc(C#N)c1Cl. The van der Waals surface area contributed by atoms with E-state index in [1.165, 1.54) is 0 Å². The van der Waals surface area contributed by atoms with Crippen molar-refractivity contribution in [2.24, 2.45) is 0 Å². The molecule has 0 spiro atoms. The average molecular weight is 240 g/mol.